The molecule has 3 aromatic rings. The molecule has 6 nitrogen and oxygen atoms in total. The van der Waals surface area contributed by atoms with Crippen molar-refractivity contribution < 1.29 is 18.4 Å². The summed E-state index contributed by atoms with van der Waals surface area (Å²) in [4.78, 5) is 23.7. The van der Waals surface area contributed by atoms with Crippen LogP contribution < -0.4 is 10.9 Å². The zero-order valence-corrected chi connectivity index (χ0v) is 11.2. The Morgan fingerprint density at radius 2 is 1.81 bits per heavy atom. The van der Waals surface area contributed by atoms with Crippen LogP contribution in [0.1, 0.15) is 26.5 Å². The Balaban J connectivity index is 1.75. The number of furan rings is 2. The van der Waals surface area contributed by atoms with Gasteiger partial charge in [-0.2, -0.15) is 0 Å². The van der Waals surface area contributed by atoms with E-state index in [2.05, 4.69) is 10.9 Å². The average molecular weight is 284 g/mol. The van der Waals surface area contributed by atoms with Crippen LogP contribution in [0.5, 0.6) is 0 Å². The van der Waals surface area contributed by atoms with Gasteiger partial charge in [0.25, 0.3) is 5.91 Å². The van der Waals surface area contributed by atoms with Crippen molar-refractivity contribution in [3.8, 4) is 0 Å². The first kappa shape index (κ1) is 13.0. The van der Waals surface area contributed by atoms with Crippen LogP contribution in [0.4, 0.5) is 0 Å². The summed E-state index contributed by atoms with van der Waals surface area (Å²) in [6, 6.07) is 8.84. The van der Waals surface area contributed by atoms with Crippen LogP contribution in [0.2, 0.25) is 0 Å². The van der Waals surface area contributed by atoms with Crippen molar-refractivity contribution in [2.24, 2.45) is 0 Å². The molecule has 2 heterocycles. The van der Waals surface area contributed by atoms with Crippen LogP contribution in [-0.2, 0) is 0 Å². The molecule has 0 spiro atoms. The highest BCUT2D eigenvalue weighted by Gasteiger charge is 2.18. The molecular weight excluding hydrogens is 272 g/mol. The lowest BCUT2D eigenvalue weighted by Gasteiger charge is -2.04. The van der Waals surface area contributed by atoms with Gasteiger partial charge in [-0.25, -0.2) is 0 Å². The molecule has 0 atom stereocenters. The van der Waals surface area contributed by atoms with E-state index in [0.717, 1.165) is 10.9 Å². The molecule has 3 rings (SSSR count). The molecule has 0 aliphatic heterocycles. The van der Waals surface area contributed by atoms with E-state index in [1.165, 1.54) is 18.6 Å². The summed E-state index contributed by atoms with van der Waals surface area (Å²) in [5.74, 6) is -0.810. The maximum absolute atomic E-state index is 12.1. The van der Waals surface area contributed by atoms with Crippen LogP contribution in [-0.4, -0.2) is 11.8 Å². The quantitative estimate of drug-likeness (QED) is 0.708. The fourth-order valence-corrected chi connectivity index (χ4v) is 2.03. The number of carbonyl (C=O) groups excluding carboxylic acids is 2. The summed E-state index contributed by atoms with van der Waals surface area (Å²) in [5.41, 5.74) is 6.28. The topological polar surface area (TPSA) is 84.5 Å². The predicted octanol–water partition coefficient (Wildman–Crippen LogP) is 2.41. The molecule has 0 fully saturated rings. The maximum Gasteiger partial charge on any atom is 0.305 e. The first-order valence-corrected chi connectivity index (χ1v) is 6.28. The molecule has 6 heteroatoms. The monoisotopic (exact) mass is 284 g/mol. The van der Waals surface area contributed by atoms with Crippen molar-refractivity contribution >= 4 is 22.8 Å². The fourth-order valence-electron chi connectivity index (χ4n) is 2.03. The van der Waals surface area contributed by atoms with E-state index in [1.807, 2.05) is 18.2 Å². The lowest BCUT2D eigenvalue weighted by atomic mass is 10.1. The van der Waals surface area contributed by atoms with Gasteiger partial charge in [0.1, 0.15) is 11.8 Å². The number of carbonyl (C=O) groups is 2. The number of rotatable bonds is 2. The van der Waals surface area contributed by atoms with Crippen molar-refractivity contribution in [3.63, 3.8) is 0 Å². The first-order valence-electron chi connectivity index (χ1n) is 6.28. The van der Waals surface area contributed by atoms with Gasteiger partial charge in [-0.3, -0.25) is 20.4 Å². The van der Waals surface area contributed by atoms with Gasteiger partial charge >= 0.3 is 5.91 Å². The van der Waals surface area contributed by atoms with Crippen molar-refractivity contribution in [3.05, 3.63) is 59.7 Å². The van der Waals surface area contributed by atoms with E-state index in [1.54, 1.807) is 13.0 Å². The molecule has 1 aromatic carbocycles. The highest BCUT2D eigenvalue weighted by atomic mass is 16.3. The Kier molecular flexibility index (Phi) is 3.19. The van der Waals surface area contributed by atoms with Gasteiger partial charge in [-0.1, -0.05) is 18.2 Å². The van der Waals surface area contributed by atoms with E-state index in [-0.39, 0.29) is 5.76 Å². The van der Waals surface area contributed by atoms with Crippen molar-refractivity contribution in [1.29, 1.82) is 0 Å². The minimum Gasteiger partial charge on any atom is -0.472 e. The Bertz CT molecular complexity index is 802. The summed E-state index contributed by atoms with van der Waals surface area (Å²) in [6.45, 7) is 1.79. The molecule has 0 unspecified atom stereocenters. The van der Waals surface area contributed by atoms with Crippen molar-refractivity contribution in [2.45, 2.75) is 6.92 Å². The summed E-state index contributed by atoms with van der Waals surface area (Å²) in [7, 11) is 0. The molecule has 2 N–H and O–H groups in total. The Hall–Kier alpha value is -3.02. The molecule has 0 saturated heterocycles. The second-order valence-corrected chi connectivity index (χ2v) is 4.47. The van der Waals surface area contributed by atoms with Crippen molar-refractivity contribution in [2.75, 3.05) is 0 Å². The number of aryl methyl sites for hydroxylation is 1. The molecule has 2 aromatic heterocycles. The molecule has 0 radical (unpaired) electrons. The Morgan fingerprint density at radius 1 is 1.05 bits per heavy atom. The number of amides is 2. The standard InChI is InChI=1S/C15H12N2O4/c1-9-11-4-2-3-5-12(11)21-13(9)15(19)17-16-14(18)10-6-7-20-8-10/h2-8H,1H3,(H,16,18)(H,17,19). The minimum atomic E-state index is -0.513. The van der Waals surface area contributed by atoms with E-state index in [4.69, 9.17) is 8.83 Å². The molecule has 0 bridgehead atoms. The summed E-state index contributed by atoms with van der Waals surface area (Å²) >= 11 is 0. The third kappa shape index (κ3) is 2.38. The van der Waals surface area contributed by atoms with Crippen LogP contribution in [0.3, 0.4) is 0 Å². The highest BCUT2D eigenvalue weighted by molar-refractivity contribution is 6.01. The third-order valence-electron chi connectivity index (χ3n) is 3.12. The SMILES string of the molecule is Cc1c(C(=O)NNC(=O)c2ccoc2)oc2ccccc12. The largest absolute Gasteiger partial charge is 0.472 e. The van der Waals surface area contributed by atoms with Crippen molar-refractivity contribution in [1.82, 2.24) is 10.9 Å². The fraction of sp³-hybridized carbons (Fsp3) is 0.0667. The summed E-state index contributed by atoms with van der Waals surface area (Å²) in [6.07, 6.45) is 2.66. The third-order valence-corrected chi connectivity index (χ3v) is 3.12. The Morgan fingerprint density at radius 3 is 2.52 bits per heavy atom. The van der Waals surface area contributed by atoms with Crippen LogP contribution in [0.25, 0.3) is 11.0 Å². The molecule has 0 aliphatic rings. The smallest absolute Gasteiger partial charge is 0.305 e. The molecular formula is C15H12N2O4. The van der Waals surface area contributed by atoms with Crippen LogP contribution >= 0.6 is 0 Å². The Labute approximate surface area is 119 Å². The highest BCUT2D eigenvalue weighted by Crippen LogP contribution is 2.24. The number of para-hydroxylation sites is 1. The molecule has 106 valence electrons. The van der Waals surface area contributed by atoms with E-state index in [9.17, 15) is 9.59 Å². The van der Waals surface area contributed by atoms with E-state index in [0.29, 0.717) is 11.1 Å². The number of nitrogens with one attached hydrogen (secondary N) is 2. The maximum atomic E-state index is 12.1. The van der Waals surface area contributed by atoms with Gasteiger partial charge < -0.3 is 8.83 Å². The zero-order valence-electron chi connectivity index (χ0n) is 11.2. The predicted molar refractivity (Wildman–Crippen MR) is 74.6 cm³/mol. The summed E-state index contributed by atoms with van der Waals surface area (Å²) < 4.78 is 10.3. The van der Waals surface area contributed by atoms with Gasteiger partial charge in [0.05, 0.1) is 11.8 Å². The lowest BCUT2D eigenvalue weighted by molar-refractivity contribution is 0.0831. The average Bonchev–Trinajstić information content (AvgIpc) is 3.13. The normalized spacial score (nSPS) is 10.5. The number of hydrogen-bond donors (Lipinski definition) is 2. The van der Waals surface area contributed by atoms with Gasteiger partial charge in [-0.15, -0.1) is 0 Å². The molecule has 21 heavy (non-hydrogen) atoms. The van der Waals surface area contributed by atoms with Gasteiger partial charge in [0.2, 0.25) is 0 Å². The minimum absolute atomic E-state index is 0.170. The molecule has 2 amide bonds. The number of hydrogen-bond acceptors (Lipinski definition) is 4. The van der Waals surface area contributed by atoms with E-state index >= 15 is 0 Å². The van der Waals surface area contributed by atoms with Gasteiger partial charge in [-0.05, 0) is 19.1 Å². The molecule has 0 saturated carbocycles. The van der Waals surface area contributed by atoms with Crippen LogP contribution in [0, 0.1) is 6.92 Å². The number of hydrazine groups is 1. The van der Waals surface area contributed by atoms with E-state index < -0.39 is 11.8 Å². The number of fused-ring (bicyclic) bond motifs is 1. The number of benzene rings is 1. The second kappa shape index (κ2) is 5.16. The van der Waals surface area contributed by atoms with Crippen LogP contribution in [0.15, 0.2) is 51.7 Å². The van der Waals surface area contributed by atoms with Gasteiger partial charge in [0, 0.05) is 10.9 Å². The lowest BCUT2D eigenvalue weighted by Crippen LogP contribution is -2.41. The first-order chi connectivity index (χ1) is 10.2. The molecule has 0 aliphatic carbocycles. The summed E-state index contributed by atoms with van der Waals surface area (Å²) in [5, 5.41) is 0.865. The second-order valence-electron chi connectivity index (χ2n) is 4.47. The zero-order chi connectivity index (χ0) is 14.8. The van der Waals surface area contributed by atoms with Gasteiger partial charge in [0.15, 0.2) is 5.76 Å².